The predicted octanol–water partition coefficient (Wildman–Crippen LogP) is 1.49. The number of hydrogen-bond donors (Lipinski definition) is 2. The Labute approximate surface area is 114 Å². The number of nitrogens with zero attached hydrogens (tertiary/aromatic N) is 1. The zero-order valence-electron chi connectivity index (χ0n) is 11.7. The second kappa shape index (κ2) is 9.33. The number of aromatic nitrogens is 1. The van der Waals surface area contributed by atoms with Crippen LogP contribution in [-0.2, 0) is 11.3 Å². The Morgan fingerprint density at radius 1 is 1.37 bits per heavy atom. The van der Waals surface area contributed by atoms with E-state index in [0.29, 0.717) is 25.3 Å². The molecule has 0 saturated carbocycles. The van der Waals surface area contributed by atoms with E-state index < -0.39 is 0 Å². The summed E-state index contributed by atoms with van der Waals surface area (Å²) < 4.78 is 5.46. The lowest BCUT2D eigenvalue weighted by Gasteiger charge is -2.07. The smallest absolute Gasteiger partial charge is 0.223 e. The molecule has 2 N–H and O–H groups in total. The zero-order chi connectivity index (χ0) is 13.9. The summed E-state index contributed by atoms with van der Waals surface area (Å²) in [4.78, 5) is 15.5. The van der Waals surface area contributed by atoms with Crippen molar-refractivity contribution < 1.29 is 9.53 Å². The van der Waals surface area contributed by atoms with Crippen molar-refractivity contribution in [2.24, 2.45) is 0 Å². The number of pyridine rings is 1. The second-order valence-corrected chi connectivity index (χ2v) is 4.21. The molecule has 19 heavy (non-hydrogen) atoms. The molecule has 0 aliphatic heterocycles. The zero-order valence-corrected chi connectivity index (χ0v) is 11.7. The van der Waals surface area contributed by atoms with Crippen molar-refractivity contribution in [2.45, 2.75) is 33.2 Å². The molecular formula is C14H23N3O2. The summed E-state index contributed by atoms with van der Waals surface area (Å²) in [6.07, 6.45) is 3.18. The molecule has 0 fully saturated rings. The van der Waals surface area contributed by atoms with Crippen LogP contribution in [0.5, 0.6) is 5.75 Å². The van der Waals surface area contributed by atoms with Crippen LogP contribution in [0.3, 0.4) is 0 Å². The minimum Gasteiger partial charge on any atom is -0.491 e. The summed E-state index contributed by atoms with van der Waals surface area (Å²) in [6.45, 7) is 6.82. The van der Waals surface area contributed by atoms with Crippen LogP contribution in [0.1, 0.15) is 32.4 Å². The fourth-order valence-corrected chi connectivity index (χ4v) is 1.54. The molecule has 1 amide bonds. The molecule has 106 valence electrons. The standard InChI is InChI=1S/C14H23N3O2/c1-3-8-15-10-12-5-6-13(11-17-12)19-9-7-14(18)16-4-2/h5-6,11,15H,3-4,7-10H2,1-2H3,(H,16,18). The lowest BCUT2D eigenvalue weighted by Crippen LogP contribution is -2.24. The number of carbonyl (C=O) groups excluding carboxylic acids is 1. The Balaban J connectivity index is 2.26. The maximum Gasteiger partial charge on any atom is 0.223 e. The van der Waals surface area contributed by atoms with Gasteiger partial charge in [0.15, 0.2) is 0 Å². The number of nitrogens with one attached hydrogen (secondary N) is 2. The molecule has 1 aromatic rings. The SMILES string of the molecule is CCCNCc1ccc(OCCC(=O)NCC)cn1. The summed E-state index contributed by atoms with van der Waals surface area (Å²) in [7, 11) is 0. The van der Waals surface area contributed by atoms with E-state index >= 15 is 0 Å². The van der Waals surface area contributed by atoms with Gasteiger partial charge in [0, 0.05) is 13.1 Å². The van der Waals surface area contributed by atoms with E-state index in [9.17, 15) is 4.79 Å². The van der Waals surface area contributed by atoms with Crippen LogP contribution < -0.4 is 15.4 Å². The molecule has 0 atom stereocenters. The predicted molar refractivity (Wildman–Crippen MR) is 75.0 cm³/mol. The molecule has 0 radical (unpaired) electrons. The fourth-order valence-electron chi connectivity index (χ4n) is 1.54. The number of rotatable bonds is 9. The molecule has 0 bridgehead atoms. The molecule has 5 nitrogen and oxygen atoms in total. The van der Waals surface area contributed by atoms with Crippen molar-refractivity contribution in [3.63, 3.8) is 0 Å². The van der Waals surface area contributed by atoms with Crippen LogP contribution in [-0.4, -0.2) is 30.6 Å². The van der Waals surface area contributed by atoms with Crippen LogP contribution in [0.25, 0.3) is 0 Å². The van der Waals surface area contributed by atoms with Gasteiger partial charge in [0.2, 0.25) is 5.91 Å². The van der Waals surface area contributed by atoms with Gasteiger partial charge in [-0.25, -0.2) is 0 Å². The molecule has 0 aliphatic carbocycles. The highest BCUT2D eigenvalue weighted by Gasteiger charge is 2.01. The number of ether oxygens (including phenoxy) is 1. The van der Waals surface area contributed by atoms with Crippen molar-refractivity contribution >= 4 is 5.91 Å². The number of amides is 1. The third-order valence-electron chi connectivity index (χ3n) is 2.50. The van der Waals surface area contributed by atoms with Crippen molar-refractivity contribution in [1.29, 1.82) is 0 Å². The van der Waals surface area contributed by atoms with Gasteiger partial charge in [-0.1, -0.05) is 6.92 Å². The average molecular weight is 265 g/mol. The molecule has 0 spiro atoms. The summed E-state index contributed by atoms with van der Waals surface area (Å²) in [5.41, 5.74) is 0.990. The van der Waals surface area contributed by atoms with E-state index in [2.05, 4.69) is 22.5 Å². The van der Waals surface area contributed by atoms with E-state index in [0.717, 1.165) is 25.2 Å². The first-order valence-electron chi connectivity index (χ1n) is 6.81. The third-order valence-corrected chi connectivity index (χ3v) is 2.50. The van der Waals surface area contributed by atoms with Gasteiger partial charge < -0.3 is 15.4 Å². The first kappa shape index (κ1) is 15.4. The molecule has 5 heteroatoms. The van der Waals surface area contributed by atoms with E-state index in [1.54, 1.807) is 6.20 Å². The highest BCUT2D eigenvalue weighted by molar-refractivity contribution is 5.75. The second-order valence-electron chi connectivity index (χ2n) is 4.21. The van der Waals surface area contributed by atoms with Gasteiger partial charge in [0.25, 0.3) is 0 Å². The average Bonchev–Trinajstić information content (AvgIpc) is 2.41. The molecule has 1 heterocycles. The van der Waals surface area contributed by atoms with Crippen LogP contribution >= 0.6 is 0 Å². The van der Waals surface area contributed by atoms with Gasteiger partial charge in [0.1, 0.15) is 5.75 Å². The Hall–Kier alpha value is -1.62. The van der Waals surface area contributed by atoms with E-state index in [1.807, 2.05) is 19.1 Å². The van der Waals surface area contributed by atoms with Crippen LogP contribution in [0.2, 0.25) is 0 Å². The van der Waals surface area contributed by atoms with Gasteiger partial charge >= 0.3 is 0 Å². The highest BCUT2D eigenvalue weighted by atomic mass is 16.5. The van der Waals surface area contributed by atoms with Gasteiger partial charge in [-0.15, -0.1) is 0 Å². The molecule has 0 saturated heterocycles. The van der Waals surface area contributed by atoms with E-state index in [4.69, 9.17) is 4.74 Å². The summed E-state index contributed by atoms with van der Waals surface area (Å²) in [5.74, 6) is 0.708. The van der Waals surface area contributed by atoms with Gasteiger partial charge in [-0.05, 0) is 32.0 Å². The Kier molecular flexibility index (Phi) is 7.58. The molecular weight excluding hydrogens is 242 g/mol. The summed E-state index contributed by atoms with van der Waals surface area (Å²) in [6, 6.07) is 3.82. The molecule has 0 unspecified atom stereocenters. The fraction of sp³-hybridized carbons (Fsp3) is 0.571. The van der Waals surface area contributed by atoms with Crippen LogP contribution in [0.15, 0.2) is 18.3 Å². The molecule has 1 rings (SSSR count). The monoisotopic (exact) mass is 265 g/mol. The van der Waals surface area contributed by atoms with Crippen LogP contribution in [0.4, 0.5) is 0 Å². The maximum atomic E-state index is 11.2. The largest absolute Gasteiger partial charge is 0.491 e. The molecule has 1 aromatic heterocycles. The number of carbonyl (C=O) groups is 1. The maximum absolute atomic E-state index is 11.2. The minimum absolute atomic E-state index is 0.0100. The van der Waals surface area contributed by atoms with Gasteiger partial charge in [0.05, 0.1) is 24.9 Å². The quantitative estimate of drug-likeness (QED) is 0.664. The van der Waals surface area contributed by atoms with Gasteiger partial charge in [-0.3, -0.25) is 9.78 Å². The van der Waals surface area contributed by atoms with Crippen molar-refractivity contribution in [3.05, 3.63) is 24.0 Å². The molecule has 0 aliphatic rings. The summed E-state index contributed by atoms with van der Waals surface area (Å²) in [5, 5.41) is 6.01. The van der Waals surface area contributed by atoms with Crippen molar-refractivity contribution in [2.75, 3.05) is 19.7 Å². The normalized spacial score (nSPS) is 10.2. The highest BCUT2D eigenvalue weighted by Crippen LogP contribution is 2.09. The topological polar surface area (TPSA) is 63.2 Å². The molecule has 0 aromatic carbocycles. The third kappa shape index (κ3) is 6.76. The minimum atomic E-state index is 0.0100. The van der Waals surface area contributed by atoms with E-state index in [1.165, 1.54) is 0 Å². The van der Waals surface area contributed by atoms with Gasteiger partial charge in [-0.2, -0.15) is 0 Å². The summed E-state index contributed by atoms with van der Waals surface area (Å²) >= 11 is 0. The Bertz CT molecular complexity index is 365. The first-order chi connectivity index (χ1) is 9.26. The van der Waals surface area contributed by atoms with Crippen molar-refractivity contribution in [3.8, 4) is 5.75 Å². The Morgan fingerprint density at radius 2 is 2.21 bits per heavy atom. The number of hydrogen-bond acceptors (Lipinski definition) is 4. The lowest BCUT2D eigenvalue weighted by molar-refractivity contribution is -0.121. The van der Waals surface area contributed by atoms with Crippen molar-refractivity contribution in [1.82, 2.24) is 15.6 Å². The van der Waals surface area contributed by atoms with Crippen LogP contribution in [0, 0.1) is 0 Å². The first-order valence-corrected chi connectivity index (χ1v) is 6.81. The Morgan fingerprint density at radius 3 is 2.84 bits per heavy atom. The van der Waals surface area contributed by atoms with E-state index in [-0.39, 0.29) is 5.91 Å². The lowest BCUT2D eigenvalue weighted by atomic mass is 10.3.